The number of halogens is 1. The Balaban J connectivity index is 2.51. The normalized spacial score (nSPS) is 10.6. The van der Waals surface area contributed by atoms with E-state index >= 15 is 0 Å². The molecule has 1 aromatic rings. The zero-order valence-electron chi connectivity index (χ0n) is 8.68. The number of nitrogens with two attached hydrogens (primary N) is 1. The quantitative estimate of drug-likeness (QED) is 0.810. The van der Waals surface area contributed by atoms with Crippen LogP contribution in [0.5, 0.6) is 0 Å². The Hall–Kier alpha value is -0.700. The van der Waals surface area contributed by atoms with Gasteiger partial charge in [-0.15, -0.1) is 0 Å². The lowest BCUT2D eigenvalue weighted by Gasteiger charge is -2.10. The molecule has 0 saturated carbocycles. The Morgan fingerprint density at radius 1 is 1.43 bits per heavy atom. The summed E-state index contributed by atoms with van der Waals surface area (Å²) in [6.45, 7) is 5.41. The van der Waals surface area contributed by atoms with Crippen LogP contribution in [0.1, 0.15) is 20.3 Å². The third-order valence-electron chi connectivity index (χ3n) is 2.05. The van der Waals surface area contributed by atoms with Crippen LogP contribution in [-0.2, 0) is 0 Å². The maximum absolute atomic E-state index is 5.85. The van der Waals surface area contributed by atoms with Gasteiger partial charge in [0, 0.05) is 11.0 Å². The number of hydrogen-bond donors (Lipinski definition) is 2. The van der Waals surface area contributed by atoms with E-state index in [-0.39, 0.29) is 0 Å². The number of nitrogens with one attached hydrogen (secondary N) is 1. The van der Waals surface area contributed by atoms with Crippen LogP contribution in [0.4, 0.5) is 11.4 Å². The summed E-state index contributed by atoms with van der Waals surface area (Å²) < 4.78 is 1.02. The minimum absolute atomic E-state index is 0.721. The molecule has 3 N–H and O–H groups in total. The number of anilines is 2. The summed E-state index contributed by atoms with van der Waals surface area (Å²) >= 11 is 3.38. The van der Waals surface area contributed by atoms with E-state index in [4.69, 9.17) is 5.73 Å². The van der Waals surface area contributed by atoms with E-state index < -0.39 is 0 Å². The van der Waals surface area contributed by atoms with Crippen molar-refractivity contribution in [3.63, 3.8) is 0 Å². The summed E-state index contributed by atoms with van der Waals surface area (Å²) in [5.74, 6) is 0.721. The highest BCUT2D eigenvalue weighted by Crippen LogP contribution is 2.22. The Kier molecular flexibility index (Phi) is 4.26. The molecule has 1 rings (SSSR count). The second kappa shape index (κ2) is 5.25. The molecule has 0 saturated heterocycles. The molecule has 0 atom stereocenters. The molecule has 0 aliphatic rings. The fourth-order valence-corrected chi connectivity index (χ4v) is 1.57. The highest BCUT2D eigenvalue weighted by atomic mass is 79.9. The molecule has 0 spiro atoms. The first kappa shape index (κ1) is 11.4. The lowest BCUT2D eigenvalue weighted by molar-refractivity contribution is 0.607. The standard InChI is InChI=1S/C11H17BrN2/c1-8(2)5-6-14-11-4-3-9(12)7-10(11)13/h3-4,7-8,14H,5-6,13H2,1-2H3. The van der Waals surface area contributed by atoms with E-state index in [1.54, 1.807) is 0 Å². The Morgan fingerprint density at radius 3 is 2.71 bits per heavy atom. The smallest absolute Gasteiger partial charge is 0.0574 e. The summed E-state index contributed by atoms with van der Waals surface area (Å²) in [5, 5.41) is 3.33. The molecule has 0 aliphatic carbocycles. The zero-order valence-corrected chi connectivity index (χ0v) is 10.3. The van der Waals surface area contributed by atoms with Crippen molar-refractivity contribution in [1.29, 1.82) is 0 Å². The Bertz CT molecular complexity index is 297. The minimum Gasteiger partial charge on any atom is -0.397 e. The van der Waals surface area contributed by atoms with Gasteiger partial charge in [-0.3, -0.25) is 0 Å². The molecule has 0 heterocycles. The molecule has 3 heteroatoms. The third-order valence-corrected chi connectivity index (χ3v) is 2.54. The van der Waals surface area contributed by atoms with Gasteiger partial charge in [0.05, 0.1) is 11.4 Å². The molecule has 1 aromatic carbocycles. The lowest BCUT2D eigenvalue weighted by Crippen LogP contribution is -2.06. The highest BCUT2D eigenvalue weighted by molar-refractivity contribution is 9.10. The van der Waals surface area contributed by atoms with Crippen molar-refractivity contribution < 1.29 is 0 Å². The van der Waals surface area contributed by atoms with Crippen molar-refractivity contribution >= 4 is 27.3 Å². The van der Waals surface area contributed by atoms with E-state index in [1.807, 2.05) is 18.2 Å². The van der Waals surface area contributed by atoms with Gasteiger partial charge in [-0.2, -0.15) is 0 Å². The topological polar surface area (TPSA) is 38.0 Å². The van der Waals surface area contributed by atoms with Gasteiger partial charge in [0.1, 0.15) is 0 Å². The average molecular weight is 257 g/mol. The van der Waals surface area contributed by atoms with Gasteiger partial charge < -0.3 is 11.1 Å². The molecule has 0 radical (unpaired) electrons. The second-order valence-electron chi connectivity index (χ2n) is 3.84. The van der Waals surface area contributed by atoms with Crippen LogP contribution < -0.4 is 11.1 Å². The van der Waals surface area contributed by atoms with Crippen molar-refractivity contribution in [2.45, 2.75) is 20.3 Å². The maximum Gasteiger partial charge on any atom is 0.0574 e. The lowest BCUT2D eigenvalue weighted by atomic mass is 10.1. The fourth-order valence-electron chi connectivity index (χ4n) is 1.19. The predicted octanol–water partition coefficient (Wildman–Crippen LogP) is 3.49. The number of nitrogen functional groups attached to an aromatic ring is 1. The molecule has 0 amide bonds. The van der Waals surface area contributed by atoms with Crippen LogP contribution in [0.2, 0.25) is 0 Å². The summed E-state index contributed by atoms with van der Waals surface area (Å²) in [5.41, 5.74) is 7.66. The van der Waals surface area contributed by atoms with Gasteiger partial charge in [0.2, 0.25) is 0 Å². The molecule has 14 heavy (non-hydrogen) atoms. The summed E-state index contributed by atoms with van der Waals surface area (Å²) in [6, 6.07) is 5.91. The monoisotopic (exact) mass is 256 g/mol. The molecule has 0 fully saturated rings. The predicted molar refractivity (Wildman–Crippen MR) is 66.5 cm³/mol. The Morgan fingerprint density at radius 2 is 2.14 bits per heavy atom. The summed E-state index contributed by atoms with van der Waals surface area (Å²) in [7, 11) is 0. The van der Waals surface area contributed by atoms with E-state index in [0.29, 0.717) is 0 Å². The summed E-state index contributed by atoms with van der Waals surface area (Å²) in [4.78, 5) is 0. The average Bonchev–Trinajstić information content (AvgIpc) is 2.08. The van der Waals surface area contributed by atoms with E-state index in [0.717, 1.165) is 34.7 Å². The summed E-state index contributed by atoms with van der Waals surface area (Å²) in [6.07, 6.45) is 1.16. The van der Waals surface area contributed by atoms with Gasteiger partial charge in [-0.25, -0.2) is 0 Å². The van der Waals surface area contributed by atoms with E-state index in [9.17, 15) is 0 Å². The van der Waals surface area contributed by atoms with E-state index in [1.165, 1.54) is 0 Å². The first-order valence-corrected chi connectivity index (χ1v) is 5.68. The van der Waals surface area contributed by atoms with Crippen LogP contribution >= 0.6 is 15.9 Å². The van der Waals surface area contributed by atoms with Gasteiger partial charge >= 0.3 is 0 Å². The maximum atomic E-state index is 5.85. The molecule has 0 aromatic heterocycles. The van der Waals surface area contributed by atoms with Gasteiger partial charge in [-0.1, -0.05) is 29.8 Å². The van der Waals surface area contributed by atoms with Gasteiger partial charge in [-0.05, 0) is 30.5 Å². The largest absolute Gasteiger partial charge is 0.397 e. The SMILES string of the molecule is CC(C)CCNc1ccc(Br)cc1N. The van der Waals surface area contributed by atoms with Gasteiger partial charge in [0.15, 0.2) is 0 Å². The highest BCUT2D eigenvalue weighted by Gasteiger charge is 1.99. The molecular weight excluding hydrogens is 240 g/mol. The second-order valence-corrected chi connectivity index (χ2v) is 4.76. The van der Waals surface area contributed by atoms with Crippen molar-refractivity contribution in [2.75, 3.05) is 17.6 Å². The third kappa shape index (κ3) is 3.58. The van der Waals surface area contributed by atoms with Gasteiger partial charge in [0.25, 0.3) is 0 Å². The van der Waals surface area contributed by atoms with Crippen molar-refractivity contribution in [3.8, 4) is 0 Å². The van der Waals surface area contributed by atoms with Crippen LogP contribution in [0.3, 0.4) is 0 Å². The van der Waals surface area contributed by atoms with Crippen molar-refractivity contribution in [1.82, 2.24) is 0 Å². The molecular formula is C11H17BrN2. The first-order valence-electron chi connectivity index (χ1n) is 4.88. The van der Waals surface area contributed by atoms with Crippen LogP contribution in [0.25, 0.3) is 0 Å². The van der Waals surface area contributed by atoms with Crippen molar-refractivity contribution in [2.24, 2.45) is 5.92 Å². The molecule has 0 unspecified atom stereocenters. The van der Waals surface area contributed by atoms with Crippen LogP contribution in [0, 0.1) is 5.92 Å². The van der Waals surface area contributed by atoms with Crippen molar-refractivity contribution in [3.05, 3.63) is 22.7 Å². The minimum atomic E-state index is 0.721. The number of benzene rings is 1. The number of hydrogen-bond acceptors (Lipinski definition) is 2. The molecule has 2 nitrogen and oxygen atoms in total. The molecule has 0 aliphatic heterocycles. The molecule has 0 bridgehead atoms. The Labute approximate surface area is 94.0 Å². The van der Waals surface area contributed by atoms with E-state index in [2.05, 4.69) is 35.1 Å². The molecule has 78 valence electrons. The first-order chi connectivity index (χ1) is 6.59. The zero-order chi connectivity index (χ0) is 10.6. The fraction of sp³-hybridized carbons (Fsp3) is 0.455. The number of rotatable bonds is 4. The van der Waals surface area contributed by atoms with Crippen LogP contribution in [0.15, 0.2) is 22.7 Å². The van der Waals surface area contributed by atoms with Crippen LogP contribution in [-0.4, -0.2) is 6.54 Å².